The second kappa shape index (κ2) is 10.5. The molecule has 80 valence electrons. The molecule has 1 heterocycles. The second-order valence-corrected chi connectivity index (χ2v) is 12.7. The summed E-state index contributed by atoms with van der Waals surface area (Å²) in [5.41, 5.74) is 0. The molecule has 1 aliphatic rings. The first-order valence-electron chi connectivity index (χ1n) is 5.89. The van der Waals surface area contributed by atoms with Gasteiger partial charge in [0, 0.05) is 6.61 Å². The van der Waals surface area contributed by atoms with Crippen LogP contribution in [0.25, 0.3) is 0 Å². The summed E-state index contributed by atoms with van der Waals surface area (Å²) in [6, 6.07) is 1.56. The fourth-order valence-electron chi connectivity index (χ4n) is 1.40. The van der Waals surface area contributed by atoms with Gasteiger partial charge in [-0.3, -0.25) is 0 Å². The standard InChI is InChI=1S/C6H14.C4H12OSi2/c1-3-5-6-4-2;1-7-4-2-3-5-6-7/h3-6H2,1-2H3;7H,2-4,6H2,1H3. The van der Waals surface area contributed by atoms with Gasteiger partial charge in [0.1, 0.15) is 9.28 Å². The third-order valence-corrected chi connectivity index (χ3v) is 8.47. The van der Waals surface area contributed by atoms with Gasteiger partial charge in [-0.2, -0.15) is 0 Å². The lowest BCUT2D eigenvalue weighted by Crippen LogP contribution is -2.26. The highest BCUT2D eigenvalue weighted by Gasteiger charge is 2.09. The Hall–Kier alpha value is 0.394. The number of unbranched alkanes of at least 4 members (excludes halogenated alkanes) is 3. The van der Waals surface area contributed by atoms with Crippen molar-refractivity contribution in [3.63, 3.8) is 0 Å². The number of rotatable bonds is 3. The Morgan fingerprint density at radius 2 is 1.85 bits per heavy atom. The minimum Gasteiger partial charge on any atom is -0.428 e. The lowest BCUT2D eigenvalue weighted by atomic mass is 10.2. The van der Waals surface area contributed by atoms with Gasteiger partial charge in [0.05, 0.1) is 8.31 Å². The lowest BCUT2D eigenvalue weighted by Gasteiger charge is -2.14. The fraction of sp³-hybridized carbons (Fsp3) is 1.00. The fourth-order valence-corrected chi connectivity index (χ4v) is 6.28. The molecule has 0 aromatic carbocycles. The molecule has 1 saturated heterocycles. The van der Waals surface area contributed by atoms with E-state index >= 15 is 0 Å². The van der Waals surface area contributed by atoms with E-state index in [1.807, 2.05) is 0 Å². The van der Waals surface area contributed by atoms with Crippen LogP contribution < -0.4 is 0 Å². The van der Waals surface area contributed by atoms with E-state index in [1.54, 1.807) is 6.04 Å². The summed E-state index contributed by atoms with van der Waals surface area (Å²) in [6.45, 7) is 7.99. The van der Waals surface area contributed by atoms with E-state index in [4.69, 9.17) is 4.43 Å². The van der Waals surface area contributed by atoms with E-state index in [0.717, 1.165) is 6.61 Å². The highest BCUT2D eigenvalue weighted by Crippen LogP contribution is 2.02. The second-order valence-electron chi connectivity index (χ2n) is 4.03. The molecular formula is C10H26OSi2. The number of hydrogen-bond acceptors (Lipinski definition) is 1. The van der Waals surface area contributed by atoms with Crippen LogP contribution >= 0.6 is 0 Å². The Balaban J connectivity index is 0.000000226. The minimum atomic E-state index is -0.178. The molecule has 0 aromatic rings. The van der Waals surface area contributed by atoms with Gasteiger partial charge in [-0.25, -0.2) is 0 Å². The van der Waals surface area contributed by atoms with Crippen molar-refractivity contribution >= 4 is 17.6 Å². The highest BCUT2D eigenvalue weighted by atomic mass is 29.2. The van der Waals surface area contributed by atoms with E-state index in [2.05, 4.69) is 20.4 Å². The van der Waals surface area contributed by atoms with Crippen molar-refractivity contribution in [3.8, 4) is 0 Å². The first kappa shape index (κ1) is 13.4. The van der Waals surface area contributed by atoms with Crippen LogP contribution in [0.5, 0.6) is 0 Å². The molecule has 13 heavy (non-hydrogen) atoms. The molecular weight excluding hydrogens is 192 g/mol. The van der Waals surface area contributed by atoms with Crippen molar-refractivity contribution in [2.45, 2.75) is 58.5 Å². The maximum absolute atomic E-state index is 5.38. The van der Waals surface area contributed by atoms with E-state index in [9.17, 15) is 0 Å². The molecule has 0 N–H and O–H groups in total. The van der Waals surface area contributed by atoms with Crippen LogP contribution in [0.15, 0.2) is 0 Å². The van der Waals surface area contributed by atoms with Gasteiger partial charge in [-0.15, -0.1) is 0 Å². The third-order valence-electron chi connectivity index (χ3n) is 2.35. The summed E-state index contributed by atoms with van der Waals surface area (Å²) in [6.07, 6.45) is 6.90. The first-order chi connectivity index (χ1) is 6.31. The van der Waals surface area contributed by atoms with Crippen LogP contribution in [0.3, 0.4) is 0 Å². The molecule has 0 aliphatic carbocycles. The van der Waals surface area contributed by atoms with E-state index < -0.39 is 0 Å². The molecule has 1 atom stereocenters. The molecule has 3 heteroatoms. The average molecular weight is 218 g/mol. The predicted octanol–water partition coefficient (Wildman–Crippen LogP) is 2.43. The summed E-state index contributed by atoms with van der Waals surface area (Å²) < 4.78 is 5.38. The van der Waals surface area contributed by atoms with Crippen LogP contribution in [-0.2, 0) is 4.43 Å². The van der Waals surface area contributed by atoms with Crippen molar-refractivity contribution in [1.82, 2.24) is 0 Å². The Morgan fingerprint density at radius 1 is 1.23 bits per heavy atom. The smallest absolute Gasteiger partial charge is 0.147 e. The molecule has 0 amide bonds. The molecule has 1 fully saturated rings. The summed E-state index contributed by atoms with van der Waals surface area (Å²) in [5.74, 6) is 0. The van der Waals surface area contributed by atoms with Gasteiger partial charge in [-0.1, -0.05) is 52.1 Å². The Morgan fingerprint density at radius 3 is 2.08 bits per heavy atom. The number of hydrogen-bond donors (Lipinski definition) is 0. The zero-order valence-corrected chi connectivity index (χ0v) is 12.2. The van der Waals surface area contributed by atoms with Crippen molar-refractivity contribution in [1.29, 1.82) is 0 Å². The lowest BCUT2D eigenvalue weighted by molar-refractivity contribution is 0.335. The highest BCUT2D eigenvalue weighted by molar-refractivity contribution is 7.09. The summed E-state index contributed by atoms with van der Waals surface area (Å²) in [4.78, 5) is 0. The predicted molar refractivity (Wildman–Crippen MR) is 66.7 cm³/mol. The van der Waals surface area contributed by atoms with Crippen molar-refractivity contribution < 1.29 is 4.43 Å². The molecule has 0 aromatic heterocycles. The van der Waals surface area contributed by atoms with Crippen LogP contribution in [0, 0.1) is 0 Å². The van der Waals surface area contributed by atoms with E-state index in [0.29, 0.717) is 0 Å². The normalized spacial score (nSPS) is 23.8. The largest absolute Gasteiger partial charge is 0.428 e. The van der Waals surface area contributed by atoms with Gasteiger partial charge in [-0.05, 0) is 6.42 Å². The molecule has 1 aliphatic heterocycles. The minimum absolute atomic E-state index is 0.0718. The van der Waals surface area contributed by atoms with Crippen molar-refractivity contribution in [2.75, 3.05) is 6.61 Å². The Labute approximate surface area is 87.6 Å². The maximum atomic E-state index is 5.38. The van der Waals surface area contributed by atoms with Gasteiger partial charge in [0.2, 0.25) is 0 Å². The van der Waals surface area contributed by atoms with Crippen molar-refractivity contribution in [2.24, 2.45) is 0 Å². The summed E-state index contributed by atoms with van der Waals surface area (Å²) in [7, 11) is -0.106. The summed E-state index contributed by atoms with van der Waals surface area (Å²) in [5, 5.41) is 0. The first-order valence-corrected chi connectivity index (χ1v) is 11.7. The average Bonchev–Trinajstić information content (AvgIpc) is 2.17. The molecule has 1 unspecified atom stereocenters. The molecule has 0 spiro atoms. The Bertz CT molecular complexity index is 88.9. The molecule has 1 nitrogen and oxygen atoms in total. The van der Waals surface area contributed by atoms with Crippen LogP contribution in [-0.4, -0.2) is 24.2 Å². The third kappa shape index (κ3) is 10.3. The Kier molecular flexibility index (Phi) is 10.8. The SMILES string of the molecule is CCCCCC.C[SiH]1CCCO[SiH2]1. The van der Waals surface area contributed by atoms with Gasteiger partial charge in [0.25, 0.3) is 0 Å². The van der Waals surface area contributed by atoms with Gasteiger partial charge in [0.15, 0.2) is 0 Å². The molecule has 0 bridgehead atoms. The van der Waals surface area contributed by atoms with E-state index in [-0.39, 0.29) is 17.6 Å². The molecule has 0 radical (unpaired) electrons. The van der Waals surface area contributed by atoms with Crippen LogP contribution in [0.1, 0.15) is 46.0 Å². The van der Waals surface area contributed by atoms with E-state index in [1.165, 1.54) is 32.1 Å². The van der Waals surface area contributed by atoms with Gasteiger partial charge >= 0.3 is 0 Å². The maximum Gasteiger partial charge on any atom is 0.147 e. The topological polar surface area (TPSA) is 9.23 Å². The molecule has 1 rings (SSSR count). The van der Waals surface area contributed by atoms with Crippen LogP contribution in [0.4, 0.5) is 0 Å². The quantitative estimate of drug-likeness (QED) is 0.522. The monoisotopic (exact) mass is 218 g/mol. The van der Waals surface area contributed by atoms with Gasteiger partial charge < -0.3 is 4.43 Å². The van der Waals surface area contributed by atoms with Crippen molar-refractivity contribution in [3.05, 3.63) is 0 Å². The molecule has 0 saturated carbocycles. The zero-order chi connectivity index (χ0) is 9.94. The summed E-state index contributed by atoms with van der Waals surface area (Å²) >= 11 is 0. The zero-order valence-electron chi connectivity index (χ0n) is 9.64. The van der Waals surface area contributed by atoms with Crippen LogP contribution in [0.2, 0.25) is 12.6 Å².